The summed E-state index contributed by atoms with van der Waals surface area (Å²) in [5.74, 6) is -0.581. The normalized spacial score (nSPS) is 14.2. The van der Waals surface area contributed by atoms with Gasteiger partial charge in [-0.3, -0.25) is 0 Å². The van der Waals surface area contributed by atoms with E-state index in [0.717, 1.165) is 5.56 Å². The second-order valence-electron chi connectivity index (χ2n) is 8.64. The molecule has 0 aliphatic carbocycles. The zero-order chi connectivity index (χ0) is 27.5. The molecule has 0 bridgehead atoms. The summed E-state index contributed by atoms with van der Waals surface area (Å²) in [6, 6.07) is 17.9. The lowest BCUT2D eigenvalue weighted by Crippen LogP contribution is -2.30. The van der Waals surface area contributed by atoms with Gasteiger partial charge in [-0.25, -0.2) is 13.2 Å². The van der Waals surface area contributed by atoms with E-state index >= 15 is 0 Å². The molecule has 0 amide bonds. The van der Waals surface area contributed by atoms with E-state index in [1.807, 2.05) is 25.1 Å². The average molecular weight is 556 g/mol. The van der Waals surface area contributed by atoms with Crippen LogP contribution in [-0.4, -0.2) is 59.1 Å². The van der Waals surface area contributed by atoms with Crippen molar-refractivity contribution in [3.8, 4) is 0 Å². The largest absolute Gasteiger partial charge is 0.460 e. The summed E-state index contributed by atoms with van der Waals surface area (Å²) < 4.78 is 61.1. The number of sulfonamides is 2. The number of carbonyl (C=O) groups excluding carboxylic acids is 1. The van der Waals surface area contributed by atoms with Crippen molar-refractivity contribution < 1.29 is 26.4 Å². The van der Waals surface area contributed by atoms with Gasteiger partial charge in [0.25, 0.3) is 10.0 Å². The van der Waals surface area contributed by atoms with Crippen LogP contribution in [0, 0.1) is 6.92 Å². The molecule has 0 unspecified atom stereocenters. The van der Waals surface area contributed by atoms with Gasteiger partial charge in [0, 0.05) is 36.4 Å². The van der Waals surface area contributed by atoms with Gasteiger partial charge in [-0.15, -0.1) is 0 Å². The van der Waals surface area contributed by atoms with Crippen LogP contribution >= 0.6 is 0 Å². The molecule has 0 radical (unpaired) electrons. The number of nitrogens with one attached hydrogen (secondary N) is 1. The van der Waals surface area contributed by atoms with Crippen molar-refractivity contribution in [3.63, 3.8) is 0 Å². The molecule has 9 nitrogen and oxygen atoms in total. The number of hydrogen-bond acceptors (Lipinski definition) is 7. The van der Waals surface area contributed by atoms with Crippen molar-refractivity contribution in [2.75, 3.05) is 31.6 Å². The maximum atomic E-state index is 12.6. The van der Waals surface area contributed by atoms with Crippen LogP contribution in [0.4, 0.5) is 5.69 Å². The number of hydrogen-bond donors (Lipinski definition) is 1. The third kappa shape index (κ3) is 5.50. The molecule has 3 aromatic rings. The number of anilines is 1. The molecule has 11 heteroatoms. The zero-order valence-corrected chi connectivity index (χ0v) is 23.0. The van der Waals surface area contributed by atoms with Gasteiger partial charge < -0.3 is 10.1 Å². The molecule has 1 aliphatic heterocycles. The van der Waals surface area contributed by atoms with Crippen LogP contribution in [0.25, 0.3) is 0 Å². The first-order valence-corrected chi connectivity index (χ1v) is 15.0. The number of benzene rings is 3. The van der Waals surface area contributed by atoms with Gasteiger partial charge in [-0.05, 0) is 49.4 Å². The predicted octanol–water partition coefficient (Wildman–Crippen LogP) is 3.83. The van der Waals surface area contributed by atoms with E-state index in [2.05, 4.69) is 9.71 Å². The zero-order valence-electron chi connectivity index (χ0n) is 21.3. The summed E-state index contributed by atoms with van der Waals surface area (Å²) in [7, 11) is -7.38. The second kappa shape index (κ2) is 11.1. The topological polar surface area (TPSA) is 122 Å². The summed E-state index contributed by atoms with van der Waals surface area (Å²) in [6.07, 6.45) is 0. The number of fused-ring (bicyclic) bond motifs is 1. The van der Waals surface area contributed by atoms with Gasteiger partial charge in [-0.1, -0.05) is 43.7 Å². The highest BCUT2D eigenvalue weighted by molar-refractivity contribution is 7.90. The minimum absolute atomic E-state index is 0.0347. The fourth-order valence-corrected chi connectivity index (χ4v) is 6.88. The van der Waals surface area contributed by atoms with E-state index in [1.54, 1.807) is 32.0 Å². The summed E-state index contributed by atoms with van der Waals surface area (Å²) in [6.45, 7) is 6.45. The molecule has 0 fully saturated rings. The Hall–Kier alpha value is -3.54. The van der Waals surface area contributed by atoms with Gasteiger partial charge in [0.2, 0.25) is 10.0 Å². The highest BCUT2D eigenvalue weighted by Gasteiger charge is 2.30. The molecule has 0 saturated carbocycles. The van der Waals surface area contributed by atoms with Crippen molar-refractivity contribution in [2.24, 2.45) is 4.40 Å². The lowest BCUT2D eigenvalue weighted by Gasteiger charge is -2.18. The lowest BCUT2D eigenvalue weighted by molar-refractivity contribution is 0.0520. The van der Waals surface area contributed by atoms with Gasteiger partial charge in [0.15, 0.2) is 0 Å². The van der Waals surface area contributed by atoms with E-state index in [0.29, 0.717) is 35.6 Å². The minimum atomic E-state index is -3.77. The predicted molar refractivity (Wildman–Crippen MR) is 146 cm³/mol. The molecular formula is C27H29N3O6S2. The Balaban J connectivity index is 1.42. The van der Waals surface area contributed by atoms with Gasteiger partial charge >= 0.3 is 5.97 Å². The van der Waals surface area contributed by atoms with Gasteiger partial charge in [0.1, 0.15) is 6.61 Å². The molecule has 0 saturated heterocycles. The minimum Gasteiger partial charge on any atom is -0.460 e. The van der Waals surface area contributed by atoms with Gasteiger partial charge in [0.05, 0.1) is 21.1 Å². The fraction of sp³-hybridized carbons (Fsp3) is 0.259. The highest BCUT2D eigenvalue weighted by Crippen LogP contribution is 2.32. The van der Waals surface area contributed by atoms with Crippen molar-refractivity contribution >= 4 is 37.4 Å². The monoisotopic (exact) mass is 555 g/mol. The first-order chi connectivity index (χ1) is 18.1. The summed E-state index contributed by atoms with van der Waals surface area (Å²) >= 11 is 0. The quantitative estimate of drug-likeness (QED) is 0.298. The molecule has 0 spiro atoms. The Morgan fingerprint density at radius 3 is 2.34 bits per heavy atom. The van der Waals surface area contributed by atoms with E-state index < -0.39 is 26.0 Å². The van der Waals surface area contributed by atoms with E-state index in [9.17, 15) is 21.6 Å². The summed E-state index contributed by atoms with van der Waals surface area (Å²) in [5, 5.41) is 3.20. The number of rotatable bonds is 10. The van der Waals surface area contributed by atoms with Crippen LogP contribution in [0.15, 0.2) is 80.9 Å². The molecule has 0 aromatic heterocycles. The Bertz CT molecular complexity index is 1590. The molecule has 4 rings (SSSR count). The molecule has 200 valence electrons. The molecule has 1 heterocycles. The van der Waals surface area contributed by atoms with Crippen LogP contribution in [0.5, 0.6) is 0 Å². The molecule has 3 aromatic carbocycles. The third-order valence-electron chi connectivity index (χ3n) is 6.15. The van der Waals surface area contributed by atoms with Crippen molar-refractivity contribution in [3.05, 3.63) is 89.0 Å². The Labute approximate surface area is 223 Å². The van der Waals surface area contributed by atoms with Crippen LogP contribution in [-0.2, 0) is 24.8 Å². The molecular weight excluding hydrogens is 526 g/mol. The number of ether oxygens (including phenoxy) is 1. The third-order valence-corrected chi connectivity index (χ3v) is 9.54. The van der Waals surface area contributed by atoms with E-state index in [1.165, 1.54) is 34.6 Å². The van der Waals surface area contributed by atoms with Crippen LogP contribution < -0.4 is 5.32 Å². The van der Waals surface area contributed by atoms with Crippen LogP contribution in [0.3, 0.4) is 0 Å². The first-order valence-electron chi connectivity index (χ1n) is 12.1. The van der Waals surface area contributed by atoms with E-state index in [4.69, 9.17) is 4.74 Å². The maximum Gasteiger partial charge on any atom is 0.338 e. The fourth-order valence-electron chi connectivity index (χ4n) is 4.20. The number of esters is 1. The smallest absolute Gasteiger partial charge is 0.338 e. The van der Waals surface area contributed by atoms with Gasteiger partial charge in [-0.2, -0.15) is 17.1 Å². The van der Waals surface area contributed by atoms with Crippen molar-refractivity contribution in [1.82, 2.24) is 4.31 Å². The molecule has 0 atom stereocenters. The lowest BCUT2D eigenvalue weighted by atomic mass is 9.99. The number of carbonyl (C=O) groups is 1. The Morgan fingerprint density at radius 1 is 0.974 bits per heavy atom. The van der Waals surface area contributed by atoms with Crippen molar-refractivity contribution in [2.45, 2.75) is 30.6 Å². The Kier molecular flexibility index (Phi) is 8.00. The number of aryl methyl sites for hydroxylation is 1. The first kappa shape index (κ1) is 27.5. The SMILES string of the molecule is CCN(CC)S(=O)(=O)c1ccc(C(=O)OCCNc2ccc(C)cc2C2=NS(=O)(=O)c3ccccc32)cc1. The Morgan fingerprint density at radius 2 is 1.66 bits per heavy atom. The summed E-state index contributed by atoms with van der Waals surface area (Å²) in [4.78, 5) is 12.8. The average Bonchev–Trinajstić information content (AvgIpc) is 3.18. The highest BCUT2D eigenvalue weighted by atomic mass is 32.2. The van der Waals surface area contributed by atoms with Crippen LogP contribution in [0.2, 0.25) is 0 Å². The molecule has 1 aliphatic rings. The second-order valence-corrected chi connectivity index (χ2v) is 12.1. The maximum absolute atomic E-state index is 12.6. The summed E-state index contributed by atoms with van der Waals surface area (Å²) in [5.41, 5.74) is 3.37. The molecule has 38 heavy (non-hydrogen) atoms. The molecule has 1 N–H and O–H groups in total. The number of nitrogens with zero attached hydrogens (tertiary/aromatic N) is 2. The van der Waals surface area contributed by atoms with E-state index in [-0.39, 0.29) is 28.5 Å². The van der Waals surface area contributed by atoms with Crippen molar-refractivity contribution in [1.29, 1.82) is 0 Å². The standard InChI is InChI=1S/C27H29N3O6S2/c1-4-30(5-2)38(34,35)21-13-11-20(12-14-21)27(31)36-17-16-28-24-15-10-19(3)18-23(24)26-22-8-6-7-9-25(22)37(32,33)29-26/h6-15,18,28H,4-5,16-17H2,1-3H3. The van der Waals surface area contributed by atoms with Crippen LogP contribution in [0.1, 0.15) is 40.9 Å².